The fourth-order valence-corrected chi connectivity index (χ4v) is 5.35. The van der Waals surface area contributed by atoms with E-state index >= 15 is 0 Å². The summed E-state index contributed by atoms with van der Waals surface area (Å²) in [7, 11) is 0. The second-order valence-electron chi connectivity index (χ2n) is 8.99. The van der Waals surface area contributed by atoms with Gasteiger partial charge in [0.25, 0.3) is 0 Å². The van der Waals surface area contributed by atoms with Gasteiger partial charge in [-0.15, -0.1) is 0 Å². The zero-order chi connectivity index (χ0) is 18.6. The lowest BCUT2D eigenvalue weighted by Crippen LogP contribution is -2.50. The topological polar surface area (TPSA) is 6.48 Å². The molecule has 0 aromatic carbocycles. The van der Waals surface area contributed by atoms with Gasteiger partial charge < -0.3 is 9.80 Å². The summed E-state index contributed by atoms with van der Waals surface area (Å²) in [5.74, 6) is 0. The zero-order valence-corrected chi connectivity index (χ0v) is 17.3. The van der Waals surface area contributed by atoms with E-state index in [4.69, 9.17) is 0 Å². The third kappa shape index (κ3) is 3.12. The number of allylic oxidation sites excluding steroid dienone is 6. The molecule has 25 heavy (non-hydrogen) atoms. The van der Waals surface area contributed by atoms with E-state index in [-0.39, 0.29) is 11.1 Å². The molecular weight excluding hydrogens is 304 g/mol. The van der Waals surface area contributed by atoms with E-state index in [1.165, 1.54) is 33.7 Å². The second-order valence-corrected chi connectivity index (χ2v) is 8.99. The number of hydrogen-bond acceptors (Lipinski definition) is 2. The predicted molar refractivity (Wildman–Crippen MR) is 108 cm³/mol. The summed E-state index contributed by atoms with van der Waals surface area (Å²) in [6.45, 7) is 19.3. The molecule has 0 fully saturated rings. The molecule has 0 N–H and O–H groups in total. The maximum absolute atomic E-state index is 2.62. The molecule has 2 heteroatoms. The van der Waals surface area contributed by atoms with Crippen molar-refractivity contribution in [1.82, 2.24) is 9.80 Å². The van der Waals surface area contributed by atoms with Crippen LogP contribution >= 0.6 is 0 Å². The summed E-state index contributed by atoms with van der Waals surface area (Å²) < 4.78 is 0. The molecule has 0 spiro atoms. The lowest BCUT2D eigenvalue weighted by Gasteiger charge is -2.45. The van der Waals surface area contributed by atoms with Gasteiger partial charge in [-0.1, -0.05) is 46.6 Å². The normalized spacial score (nSPS) is 33.3. The molecule has 2 atom stereocenters. The van der Waals surface area contributed by atoms with E-state index < -0.39 is 0 Å². The molecule has 1 heterocycles. The molecule has 1 aliphatic heterocycles. The molecular formula is C23H34N2. The van der Waals surface area contributed by atoms with Crippen LogP contribution in [-0.4, -0.2) is 27.5 Å². The predicted octanol–water partition coefficient (Wildman–Crippen LogP) is 5.92. The Kier molecular flexibility index (Phi) is 4.29. The maximum atomic E-state index is 2.62. The van der Waals surface area contributed by atoms with Gasteiger partial charge in [-0.3, -0.25) is 0 Å². The Balaban J connectivity index is 1.94. The molecule has 0 aromatic heterocycles. The van der Waals surface area contributed by atoms with E-state index in [2.05, 4.69) is 89.5 Å². The Morgan fingerprint density at radius 3 is 1.36 bits per heavy atom. The summed E-state index contributed by atoms with van der Waals surface area (Å²) in [5, 5.41) is 0. The van der Waals surface area contributed by atoms with E-state index in [0.29, 0.717) is 0 Å². The third-order valence-electron chi connectivity index (χ3n) is 6.15. The van der Waals surface area contributed by atoms with Crippen LogP contribution in [-0.2, 0) is 0 Å². The first-order valence-electron chi connectivity index (χ1n) is 9.50. The van der Waals surface area contributed by atoms with Crippen molar-refractivity contribution in [3.63, 3.8) is 0 Å². The van der Waals surface area contributed by atoms with Gasteiger partial charge >= 0.3 is 0 Å². The number of hydrogen-bond donors (Lipinski definition) is 0. The lowest BCUT2D eigenvalue weighted by molar-refractivity contribution is 0.105. The zero-order valence-electron chi connectivity index (χ0n) is 17.3. The van der Waals surface area contributed by atoms with Crippen LogP contribution in [0.1, 0.15) is 68.2 Å². The highest BCUT2D eigenvalue weighted by Gasteiger charge is 2.43. The van der Waals surface area contributed by atoms with Crippen LogP contribution in [0.5, 0.6) is 0 Å². The molecule has 0 saturated carbocycles. The van der Waals surface area contributed by atoms with Gasteiger partial charge in [0.2, 0.25) is 0 Å². The van der Waals surface area contributed by atoms with Crippen molar-refractivity contribution in [3.05, 3.63) is 58.0 Å². The largest absolute Gasteiger partial charge is 0.347 e. The first kappa shape index (κ1) is 18.1. The monoisotopic (exact) mass is 338 g/mol. The fourth-order valence-electron chi connectivity index (χ4n) is 5.35. The van der Waals surface area contributed by atoms with Gasteiger partial charge in [0.15, 0.2) is 0 Å². The van der Waals surface area contributed by atoms with E-state index in [9.17, 15) is 0 Å². The van der Waals surface area contributed by atoms with Crippen LogP contribution in [0, 0.1) is 0 Å². The van der Waals surface area contributed by atoms with Crippen LogP contribution in [0.2, 0.25) is 0 Å². The molecule has 0 amide bonds. The van der Waals surface area contributed by atoms with Crippen LogP contribution in [0.3, 0.4) is 0 Å². The summed E-state index contributed by atoms with van der Waals surface area (Å²) in [6.07, 6.45) is 11.8. The molecule has 0 saturated heterocycles. The van der Waals surface area contributed by atoms with Gasteiger partial charge in [-0.25, -0.2) is 0 Å². The highest BCUT2D eigenvalue weighted by molar-refractivity contribution is 5.38. The van der Waals surface area contributed by atoms with Gasteiger partial charge in [0.1, 0.15) is 0 Å². The van der Waals surface area contributed by atoms with Crippen LogP contribution < -0.4 is 0 Å². The van der Waals surface area contributed by atoms with Gasteiger partial charge in [0, 0.05) is 11.4 Å². The molecule has 0 radical (unpaired) electrons. The highest BCUT2D eigenvalue weighted by Crippen LogP contribution is 2.43. The van der Waals surface area contributed by atoms with Crippen LogP contribution in [0.25, 0.3) is 0 Å². The Morgan fingerprint density at radius 2 is 1.04 bits per heavy atom. The van der Waals surface area contributed by atoms with E-state index in [0.717, 1.165) is 19.5 Å². The minimum atomic E-state index is 0.0671. The third-order valence-corrected chi connectivity index (χ3v) is 6.15. The van der Waals surface area contributed by atoms with Crippen LogP contribution in [0.15, 0.2) is 58.0 Å². The molecule has 136 valence electrons. The SMILES string of the molecule is CC1=CC(C)(N2CN(C3(C)C=C(C)C=C(C)C3)C(C)=C2C)CC(C)=C1. The number of rotatable bonds is 2. The van der Waals surface area contributed by atoms with Crippen molar-refractivity contribution in [1.29, 1.82) is 0 Å². The molecule has 2 aliphatic carbocycles. The van der Waals surface area contributed by atoms with Crippen LogP contribution in [0.4, 0.5) is 0 Å². The van der Waals surface area contributed by atoms with Crippen molar-refractivity contribution in [2.75, 3.05) is 6.67 Å². The maximum Gasteiger partial charge on any atom is 0.0915 e. The summed E-state index contributed by atoms with van der Waals surface area (Å²) in [5.41, 5.74) is 8.69. The van der Waals surface area contributed by atoms with Gasteiger partial charge in [-0.2, -0.15) is 0 Å². The molecule has 0 bridgehead atoms. The highest BCUT2D eigenvalue weighted by atomic mass is 15.4. The first-order chi connectivity index (χ1) is 11.5. The Morgan fingerprint density at radius 1 is 0.680 bits per heavy atom. The van der Waals surface area contributed by atoms with E-state index in [1.54, 1.807) is 0 Å². The van der Waals surface area contributed by atoms with E-state index in [1.807, 2.05) is 0 Å². The fraction of sp³-hybridized carbons (Fsp3) is 0.565. The molecule has 3 aliphatic rings. The Bertz CT molecular complexity index is 684. The Hall–Kier alpha value is -1.70. The molecule has 0 aromatic rings. The first-order valence-corrected chi connectivity index (χ1v) is 9.50. The smallest absolute Gasteiger partial charge is 0.0915 e. The van der Waals surface area contributed by atoms with Crippen molar-refractivity contribution in [2.45, 2.75) is 79.3 Å². The quantitative estimate of drug-likeness (QED) is 0.616. The minimum absolute atomic E-state index is 0.0671. The molecule has 3 rings (SSSR count). The standard InChI is InChI=1S/C23H34N2/c1-16-9-17(2)12-22(7,11-16)24-15-25(21(6)20(24)5)23(8)13-18(3)10-19(4)14-23/h9-11,13H,12,14-15H2,1-8H3. The van der Waals surface area contributed by atoms with Gasteiger partial charge in [-0.05, 0) is 68.2 Å². The summed E-state index contributed by atoms with van der Waals surface area (Å²) >= 11 is 0. The van der Waals surface area contributed by atoms with Crippen molar-refractivity contribution < 1.29 is 0 Å². The second kappa shape index (κ2) is 5.93. The summed E-state index contributed by atoms with van der Waals surface area (Å²) in [6, 6.07) is 0. The average molecular weight is 339 g/mol. The average Bonchev–Trinajstić information content (AvgIpc) is 2.73. The van der Waals surface area contributed by atoms with Crippen molar-refractivity contribution in [3.8, 4) is 0 Å². The molecule has 2 unspecified atom stereocenters. The Labute approximate surface area is 154 Å². The number of nitrogens with zero attached hydrogens (tertiary/aromatic N) is 2. The van der Waals surface area contributed by atoms with Gasteiger partial charge in [0.05, 0.1) is 17.7 Å². The molecule has 2 nitrogen and oxygen atoms in total. The lowest BCUT2D eigenvalue weighted by atomic mass is 9.84. The van der Waals surface area contributed by atoms with Crippen molar-refractivity contribution in [2.24, 2.45) is 0 Å². The summed E-state index contributed by atoms with van der Waals surface area (Å²) in [4.78, 5) is 5.23. The van der Waals surface area contributed by atoms with Crippen molar-refractivity contribution >= 4 is 0 Å². The minimum Gasteiger partial charge on any atom is -0.347 e.